The Balaban J connectivity index is 3.89. The van der Waals surface area contributed by atoms with E-state index in [1.165, 1.54) is 0 Å². The monoisotopic (exact) mass is 198 g/mol. The molecule has 3 N–H and O–H groups in total. The van der Waals surface area contributed by atoms with Gasteiger partial charge in [-0.3, -0.25) is 4.79 Å². The van der Waals surface area contributed by atoms with E-state index in [0.717, 1.165) is 0 Å². The van der Waals surface area contributed by atoms with Crippen LogP contribution in [-0.4, -0.2) is 24.7 Å². The minimum atomic E-state index is -4.38. The predicted octanol–water partition coefficient (Wildman–Crippen LogP) is 0.648. The molecule has 0 aromatic carbocycles. The molecule has 0 spiro atoms. The summed E-state index contributed by atoms with van der Waals surface area (Å²) < 4.78 is 34.9. The Bertz CT molecular complexity index is 179. The number of nitrogens with one attached hydrogen (secondary N) is 1. The van der Waals surface area contributed by atoms with Gasteiger partial charge in [0.25, 0.3) is 0 Å². The highest BCUT2D eigenvalue weighted by Gasteiger charge is 2.29. The predicted molar refractivity (Wildman–Crippen MR) is 41.9 cm³/mol. The van der Waals surface area contributed by atoms with Gasteiger partial charge in [-0.05, 0) is 5.92 Å². The molecule has 0 aliphatic heterocycles. The Morgan fingerprint density at radius 3 is 2.23 bits per heavy atom. The normalized spacial score (nSPS) is 14.4. The van der Waals surface area contributed by atoms with Crippen molar-refractivity contribution in [2.45, 2.75) is 26.1 Å². The quantitative estimate of drug-likeness (QED) is 0.699. The van der Waals surface area contributed by atoms with Crippen molar-refractivity contribution in [2.75, 3.05) is 6.54 Å². The molecule has 0 bridgehead atoms. The zero-order chi connectivity index (χ0) is 10.6. The first-order valence-electron chi connectivity index (χ1n) is 3.84. The van der Waals surface area contributed by atoms with Gasteiger partial charge < -0.3 is 11.1 Å². The van der Waals surface area contributed by atoms with E-state index < -0.39 is 24.7 Å². The van der Waals surface area contributed by atoms with Gasteiger partial charge in [0.1, 0.15) is 6.54 Å². The number of halogens is 3. The molecule has 0 aliphatic carbocycles. The van der Waals surface area contributed by atoms with Crippen LogP contribution in [0.15, 0.2) is 0 Å². The highest BCUT2D eigenvalue weighted by atomic mass is 19.4. The van der Waals surface area contributed by atoms with Crippen molar-refractivity contribution in [3.8, 4) is 0 Å². The van der Waals surface area contributed by atoms with Crippen LogP contribution < -0.4 is 11.1 Å². The minimum absolute atomic E-state index is 0.173. The van der Waals surface area contributed by atoms with Gasteiger partial charge in [-0.25, -0.2) is 0 Å². The van der Waals surface area contributed by atoms with E-state index in [4.69, 9.17) is 5.73 Å². The van der Waals surface area contributed by atoms with Gasteiger partial charge in [-0.1, -0.05) is 13.8 Å². The Kier molecular flexibility index (Phi) is 4.19. The Hall–Kier alpha value is -0.780. The van der Waals surface area contributed by atoms with Crippen LogP contribution in [0.25, 0.3) is 0 Å². The molecule has 0 heterocycles. The minimum Gasteiger partial charge on any atom is -0.346 e. The highest BCUT2D eigenvalue weighted by molar-refractivity contribution is 5.81. The summed E-state index contributed by atoms with van der Waals surface area (Å²) >= 11 is 0. The van der Waals surface area contributed by atoms with Crippen LogP contribution in [0.5, 0.6) is 0 Å². The molecule has 0 aromatic rings. The molecule has 1 atom stereocenters. The van der Waals surface area contributed by atoms with Crippen molar-refractivity contribution in [1.82, 2.24) is 5.32 Å². The van der Waals surface area contributed by atoms with Crippen LogP contribution in [0, 0.1) is 5.92 Å². The summed E-state index contributed by atoms with van der Waals surface area (Å²) in [6, 6.07) is -0.887. The first-order chi connectivity index (χ1) is 5.74. The van der Waals surface area contributed by atoms with E-state index in [0.29, 0.717) is 0 Å². The van der Waals surface area contributed by atoms with Gasteiger partial charge in [0, 0.05) is 0 Å². The lowest BCUT2D eigenvalue weighted by molar-refractivity contribution is -0.139. The number of carbonyl (C=O) groups excluding carboxylic acids is 1. The standard InChI is InChI=1S/C7H13F3N2O/c1-4(2)5(11)6(13)12-3-7(8,9)10/h4-5H,3,11H2,1-2H3,(H,12,13)/t5-/m1/s1. The number of nitrogens with two attached hydrogens (primary N) is 1. The molecule has 78 valence electrons. The molecule has 3 nitrogen and oxygen atoms in total. The molecule has 0 aromatic heterocycles. The second kappa shape index (κ2) is 4.45. The fourth-order valence-corrected chi connectivity index (χ4v) is 0.608. The molecule has 13 heavy (non-hydrogen) atoms. The van der Waals surface area contributed by atoms with Crippen molar-refractivity contribution in [3.63, 3.8) is 0 Å². The summed E-state index contributed by atoms with van der Waals surface area (Å²) in [6.45, 7) is 2.00. The van der Waals surface area contributed by atoms with E-state index >= 15 is 0 Å². The molecule has 0 radical (unpaired) electrons. The molecule has 0 saturated heterocycles. The number of alkyl halides is 3. The van der Waals surface area contributed by atoms with Crippen LogP contribution in [0.3, 0.4) is 0 Å². The summed E-state index contributed by atoms with van der Waals surface area (Å²) in [5.41, 5.74) is 5.31. The topological polar surface area (TPSA) is 55.1 Å². The summed E-state index contributed by atoms with van der Waals surface area (Å²) in [5.74, 6) is -0.944. The van der Waals surface area contributed by atoms with E-state index in [-0.39, 0.29) is 5.92 Å². The second-order valence-corrected chi connectivity index (χ2v) is 3.10. The summed E-state index contributed by atoms with van der Waals surface area (Å²) in [7, 11) is 0. The van der Waals surface area contributed by atoms with Crippen LogP contribution in [0.4, 0.5) is 13.2 Å². The number of carbonyl (C=O) groups is 1. The van der Waals surface area contributed by atoms with Crippen molar-refractivity contribution in [2.24, 2.45) is 11.7 Å². The zero-order valence-corrected chi connectivity index (χ0v) is 7.48. The molecular weight excluding hydrogens is 185 g/mol. The van der Waals surface area contributed by atoms with Crippen LogP contribution in [0.2, 0.25) is 0 Å². The average molecular weight is 198 g/mol. The Morgan fingerprint density at radius 1 is 1.46 bits per heavy atom. The van der Waals surface area contributed by atoms with Crippen LogP contribution >= 0.6 is 0 Å². The Labute approximate surface area is 74.5 Å². The van der Waals surface area contributed by atoms with Crippen molar-refractivity contribution >= 4 is 5.91 Å². The maximum Gasteiger partial charge on any atom is 0.405 e. The molecule has 0 saturated carbocycles. The number of amides is 1. The average Bonchev–Trinajstić information content (AvgIpc) is 1.97. The lowest BCUT2D eigenvalue weighted by Gasteiger charge is -2.15. The fourth-order valence-electron chi connectivity index (χ4n) is 0.608. The first-order valence-corrected chi connectivity index (χ1v) is 3.84. The van der Waals surface area contributed by atoms with E-state index in [1.54, 1.807) is 19.2 Å². The van der Waals surface area contributed by atoms with E-state index in [9.17, 15) is 18.0 Å². The van der Waals surface area contributed by atoms with Crippen LogP contribution in [-0.2, 0) is 4.79 Å². The smallest absolute Gasteiger partial charge is 0.346 e. The van der Waals surface area contributed by atoms with Crippen LogP contribution in [0.1, 0.15) is 13.8 Å². The van der Waals surface area contributed by atoms with Gasteiger partial charge in [-0.15, -0.1) is 0 Å². The highest BCUT2D eigenvalue weighted by Crippen LogP contribution is 2.12. The summed E-state index contributed by atoms with van der Waals surface area (Å²) in [5, 5.41) is 1.71. The molecule has 0 fully saturated rings. The zero-order valence-electron chi connectivity index (χ0n) is 7.48. The van der Waals surface area contributed by atoms with Gasteiger partial charge in [-0.2, -0.15) is 13.2 Å². The summed E-state index contributed by atoms with van der Waals surface area (Å²) in [6.07, 6.45) is -4.38. The van der Waals surface area contributed by atoms with Gasteiger partial charge in [0.15, 0.2) is 0 Å². The lowest BCUT2D eigenvalue weighted by atomic mass is 10.1. The maximum atomic E-state index is 11.6. The van der Waals surface area contributed by atoms with Gasteiger partial charge in [0.05, 0.1) is 6.04 Å². The lowest BCUT2D eigenvalue weighted by Crippen LogP contribution is -2.46. The molecular formula is C7H13F3N2O. The number of rotatable bonds is 3. The largest absolute Gasteiger partial charge is 0.405 e. The van der Waals surface area contributed by atoms with Crippen molar-refractivity contribution < 1.29 is 18.0 Å². The van der Waals surface area contributed by atoms with E-state index in [2.05, 4.69) is 0 Å². The van der Waals surface area contributed by atoms with Crippen molar-refractivity contribution in [1.29, 1.82) is 0 Å². The maximum absolute atomic E-state index is 11.6. The number of hydrogen-bond donors (Lipinski definition) is 2. The second-order valence-electron chi connectivity index (χ2n) is 3.10. The summed E-state index contributed by atoms with van der Waals surface area (Å²) in [4.78, 5) is 10.9. The first kappa shape index (κ1) is 12.2. The molecule has 0 unspecified atom stereocenters. The third-order valence-electron chi connectivity index (χ3n) is 1.48. The SMILES string of the molecule is CC(C)[C@@H](N)C(=O)NCC(F)(F)F. The molecule has 1 amide bonds. The molecule has 0 aliphatic rings. The van der Waals surface area contributed by atoms with Crippen molar-refractivity contribution in [3.05, 3.63) is 0 Å². The van der Waals surface area contributed by atoms with E-state index in [1.807, 2.05) is 0 Å². The Morgan fingerprint density at radius 2 is 1.92 bits per heavy atom. The fraction of sp³-hybridized carbons (Fsp3) is 0.857. The molecule has 6 heteroatoms. The van der Waals surface area contributed by atoms with Gasteiger partial charge >= 0.3 is 6.18 Å². The van der Waals surface area contributed by atoms with Gasteiger partial charge in [0.2, 0.25) is 5.91 Å². The number of hydrogen-bond acceptors (Lipinski definition) is 2. The molecule has 0 rings (SSSR count). The third-order valence-corrected chi connectivity index (χ3v) is 1.48. The third kappa shape index (κ3) is 5.46.